The van der Waals surface area contributed by atoms with E-state index in [2.05, 4.69) is 5.32 Å². The molecule has 0 saturated heterocycles. The zero-order valence-corrected chi connectivity index (χ0v) is 10.8. The van der Waals surface area contributed by atoms with Crippen LogP contribution in [0.2, 0.25) is 0 Å². The Balaban J connectivity index is 2.36. The first-order chi connectivity index (χ1) is 8.30. The van der Waals surface area contributed by atoms with Crippen LogP contribution in [0, 0.1) is 11.3 Å². The van der Waals surface area contributed by atoms with E-state index in [1.807, 2.05) is 20.9 Å². The van der Waals surface area contributed by atoms with Crippen molar-refractivity contribution in [3.8, 4) is 0 Å². The Kier molecular flexibility index (Phi) is 3.18. The van der Waals surface area contributed by atoms with Crippen molar-refractivity contribution < 1.29 is 13.2 Å². The lowest BCUT2D eigenvalue weighted by atomic mass is 9.98. The fourth-order valence-corrected chi connectivity index (χ4v) is 2.99. The summed E-state index contributed by atoms with van der Waals surface area (Å²) in [5.41, 5.74) is -0.110. The fourth-order valence-electron chi connectivity index (χ4n) is 2.99. The molecule has 2 atom stereocenters. The van der Waals surface area contributed by atoms with E-state index in [0.29, 0.717) is 5.56 Å². The second kappa shape index (κ2) is 4.26. The normalized spacial score (nSPS) is 26.1. The highest BCUT2D eigenvalue weighted by Gasteiger charge is 2.59. The average molecular weight is 257 g/mol. The predicted octanol–water partition coefficient (Wildman–Crippen LogP) is 3.66. The molecular formula is C14H18F3N. The molecule has 4 heteroatoms. The highest BCUT2D eigenvalue weighted by Crippen LogP contribution is 2.65. The van der Waals surface area contributed by atoms with Crippen molar-refractivity contribution in [3.05, 3.63) is 35.4 Å². The molecule has 1 nitrogen and oxygen atoms in total. The van der Waals surface area contributed by atoms with Gasteiger partial charge in [-0.15, -0.1) is 0 Å². The first-order valence-corrected chi connectivity index (χ1v) is 6.11. The van der Waals surface area contributed by atoms with Crippen LogP contribution in [-0.2, 0) is 6.18 Å². The van der Waals surface area contributed by atoms with Crippen LogP contribution >= 0.6 is 0 Å². The lowest BCUT2D eigenvalue weighted by Gasteiger charge is -2.13. The van der Waals surface area contributed by atoms with Gasteiger partial charge in [-0.25, -0.2) is 0 Å². The zero-order chi connectivity index (χ0) is 13.6. The molecular weight excluding hydrogens is 239 g/mol. The summed E-state index contributed by atoms with van der Waals surface area (Å²) >= 11 is 0. The summed E-state index contributed by atoms with van der Waals surface area (Å²) in [7, 11) is 1.83. The van der Waals surface area contributed by atoms with Gasteiger partial charge in [0, 0.05) is 0 Å². The van der Waals surface area contributed by atoms with Crippen molar-refractivity contribution in [2.24, 2.45) is 11.3 Å². The number of alkyl halides is 3. The largest absolute Gasteiger partial charge is 0.416 e. The number of hydrogen-bond donors (Lipinski definition) is 1. The van der Waals surface area contributed by atoms with Gasteiger partial charge in [0.15, 0.2) is 0 Å². The van der Waals surface area contributed by atoms with Crippen molar-refractivity contribution >= 4 is 0 Å². The summed E-state index contributed by atoms with van der Waals surface area (Å²) in [6.45, 7) is 4.82. The number of hydrogen-bond acceptors (Lipinski definition) is 1. The van der Waals surface area contributed by atoms with Crippen molar-refractivity contribution in [2.45, 2.75) is 25.9 Å². The summed E-state index contributed by atoms with van der Waals surface area (Å²) in [5.74, 6) is 0.258. The molecule has 1 aliphatic carbocycles. The van der Waals surface area contributed by atoms with Gasteiger partial charge in [0.2, 0.25) is 0 Å². The zero-order valence-electron chi connectivity index (χ0n) is 10.8. The minimum absolute atomic E-state index is 0.0113. The van der Waals surface area contributed by atoms with E-state index in [-0.39, 0.29) is 17.3 Å². The molecule has 0 radical (unpaired) electrons. The first-order valence-electron chi connectivity index (χ1n) is 6.11. The van der Waals surface area contributed by atoms with Crippen LogP contribution in [-0.4, -0.2) is 13.6 Å². The van der Waals surface area contributed by atoms with E-state index in [1.165, 1.54) is 12.1 Å². The highest BCUT2D eigenvalue weighted by molar-refractivity contribution is 5.40. The number of halogens is 3. The molecule has 0 aromatic heterocycles. The molecule has 18 heavy (non-hydrogen) atoms. The smallest absolute Gasteiger partial charge is 0.319 e. The van der Waals surface area contributed by atoms with Gasteiger partial charge in [-0.3, -0.25) is 0 Å². The average Bonchev–Trinajstić information content (AvgIpc) is 2.80. The van der Waals surface area contributed by atoms with E-state index in [9.17, 15) is 13.2 Å². The third-order valence-corrected chi connectivity index (χ3v) is 4.08. The van der Waals surface area contributed by atoms with E-state index in [4.69, 9.17) is 0 Å². The van der Waals surface area contributed by atoms with Crippen molar-refractivity contribution in [3.63, 3.8) is 0 Å². The Bertz CT molecular complexity index is 437. The second-order valence-electron chi connectivity index (χ2n) is 5.55. The van der Waals surface area contributed by atoms with Crippen LogP contribution in [0.25, 0.3) is 0 Å². The van der Waals surface area contributed by atoms with Gasteiger partial charge < -0.3 is 5.32 Å². The maximum atomic E-state index is 13.0. The molecule has 0 aliphatic heterocycles. The molecule has 2 rings (SSSR count). The summed E-state index contributed by atoms with van der Waals surface area (Å²) in [6.07, 6.45) is -4.26. The molecule has 0 bridgehead atoms. The van der Waals surface area contributed by atoms with Gasteiger partial charge in [0.1, 0.15) is 0 Å². The van der Waals surface area contributed by atoms with Gasteiger partial charge in [-0.05, 0) is 42.5 Å². The van der Waals surface area contributed by atoms with Crippen LogP contribution in [0.5, 0.6) is 0 Å². The van der Waals surface area contributed by atoms with Gasteiger partial charge in [-0.2, -0.15) is 13.2 Å². The van der Waals surface area contributed by atoms with Gasteiger partial charge in [0.05, 0.1) is 5.56 Å². The molecule has 0 amide bonds. The van der Waals surface area contributed by atoms with Crippen LogP contribution in [0.1, 0.15) is 30.9 Å². The number of nitrogens with one attached hydrogen (secondary N) is 1. The van der Waals surface area contributed by atoms with E-state index in [0.717, 1.165) is 6.54 Å². The molecule has 1 aromatic rings. The Labute approximate surface area is 105 Å². The molecule has 0 spiro atoms. The summed E-state index contributed by atoms with van der Waals surface area (Å²) < 4.78 is 39.0. The van der Waals surface area contributed by atoms with E-state index >= 15 is 0 Å². The molecule has 1 saturated carbocycles. The Hall–Kier alpha value is -1.03. The highest BCUT2D eigenvalue weighted by atomic mass is 19.4. The minimum Gasteiger partial charge on any atom is -0.319 e. The molecule has 100 valence electrons. The van der Waals surface area contributed by atoms with Crippen LogP contribution in [0.15, 0.2) is 24.3 Å². The Morgan fingerprint density at radius 1 is 1.22 bits per heavy atom. The van der Waals surface area contributed by atoms with Crippen molar-refractivity contribution in [1.29, 1.82) is 0 Å². The molecule has 1 N–H and O–H groups in total. The Morgan fingerprint density at radius 3 is 2.39 bits per heavy atom. The van der Waals surface area contributed by atoms with Crippen LogP contribution < -0.4 is 5.32 Å². The molecule has 0 heterocycles. The molecule has 1 aromatic carbocycles. The summed E-state index contributed by atoms with van der Waals surface area (Å²) in [4.78, 5) is 0. The third-order valence-electron chi connectivity index (χ3n) is 4.08. The lowest BCUT2D eigenvalue weighted by Crippen LogP contribution is -2.13. The summed E-state index contributed by atoms with van der Waals surface area (Å²) in [6, 6.07) is 5.94. The maximum absolute atomic E-state index is 13.0. The van der Waals surface area contributed by atoms with Gasteiger partial charge in [-0.1, -0.05) is 32.0 Å². The molecule has 2 unspecified atom stereocenters. The van der Waals surface area contributed by atoms with Crippen molar-refractivity contribution in [2.75, 3.05) is 13.6 Å². The maximum Gasteiger partial charge on any atom is 0.416 e. The monoisotopic (exact) mass is 257 g/mol. The minimum atomic E-state index is -4.26. The van der Waals surface area contributed by atoms with Gasteiger partial charge >= 0.3 is 6.18 Å². The van der Waals surface area contributed by atoms with Crippen LogP contribution in [0.3, 0.4) is 0 Å². The number of rotatable bonds is 3. The third kappa shape index (κ3) is 2.14. The van der Waals surface area contributed by atoms with E-state index in [1.54, 1.807) is 12.1 Å². The lowest BCUT2D eigenvalue weighted by molar-refractivity contribution is -0.138. The van der Waals surface area contributed by atoms with E-state index < -0.39 is 11.7 Å². The van der Waals surface area contributed by atoms with Crippen molar-refractivity contribution in [1.82, 2.24) is 5.32 Å². The Morgan fingerprint density at radius 2 is 1.83 bits per heavy atom. The van der Waals surface area contributed by atoms with Gasteiger partial charge in [0.25, 0.3) is 0 Å². The standard InChI is InChI=1S/C14H18F3N/c1-13(2)11(8-18-3)12(13)9-6-4-5-7-10(9)14(15,16)17/h4-7,11-12,18H,8H2,1-3H3. The predicted molar refractivity (Wildman–Crippen MR) is 65.4 cm³/mol. The molecule has 1 fully saturated rings. The number of benzene rings is 1. The first kappa shape index (κ1) is 13.4. The van der Waals surface area contributed by atoms with Crippen LogP contribution in [0.4, 0.5) is 13.2 Å². The topological polar surface area (TPSA) is 12.0 Å². The fraction of sp³-hybridized carbons (Fsp3) is 0.571. The summed E-state index contributed by atoms with van der Waals surface area (Å²) in [5, 5.41) is 3.06. The second-order valence-corrected chi connectivity index (χ2v) is 5.55. The quantitative estimate of drug-likeness (QED) is 0.871. The SMILES string of the molecule is CNCC1C(c2ccccc2C(F)(F)F)C1(C)C. The molecule has 1 aliphatic rings.